The van der Waals surface area contributed by atoms with E-state index >= 15 is 0 Å². The van der Waals surface area contributed by atoms with Crippen molar-refractivity contribution in [2.24, 2.45) is 0 Å². The third-order valence-electron chi connectivity index (χ3n) is 6.52. The van der Waals surface area contributed by atoms with Gasteiger partial charge in [0.2, 0.25) is 0 Å². The summed E-state index contributed by atoms with van der Waals surface area (Å²) >= 11 is 0. The summed E-state index contributed by atoms with van der Waals surface area (Å²) in [5, 5.41) is 7.28. The van der Waals surface area contributed by atoms with Crippen molar-refractivity contribution in [1.82, 2.24) is 19.5 Å². The third-order valence-corrected chi connectivity index (χ3v) is 6.52. The van der Waals surface area contributed by atoms with Crippen molar-refractivity contribution in [1.29, 1.82) is 0 Å². The van der Waals surface area contributed by atoms with Crippen LogP contribution in [0.15, 0.2) is 36.8 Å². The van der Waals surface area contributed by atoms with Crippen molar-refractivity contribution in [2.45, 2.75) is 19.0 Å². The Morgan fingerprint density at radius 1 is 1.15 bits per heavy atom. The lowest BCUT2D eigenvalue weighted by Crippen LogP contribution is -2.37. The molecule has 33 heavy (non-hydrogen) atoms. The van der Waals surface area contributed by atoms with E-state index < -0.39 is 0 Å². The number of anilines is 2. The fraction of sp³-hybridized carbons (Fsp3) is 0.391. The van der Waals surface area contributed by atoms with Crippen molar-refractivity contribution in [3.8, 4) is 0 Å². The molecule has 6 rings (SSSR count). The number of carbonyl (C=O) groups excluding carboxylic acids is 2. The largest absolute Gasteiger partial charge is 0.379 e. The Bertz CT molecular complexity index is 1230. The number of nitrogens with zero attached hydrogens (tertiary/aromatic N) is 5. The fourth-order valence-corrected chi connectivity index (χ4v) is 4.78. The molecule has 0 aliphatic carbocycles. The van der Waals surface area contributed by atoms with E-state index in [1.807, 2.05) is 17.0 Å². The van der Waals surface area contributed by atoms with E-state index in [1.165, 1.54) is 6.20 Å². The van der Waals surface area contributed by atoms with Gasteiger partial charge >= 0.3 is 0 Å². The second-order valence-corrected chi connectivity index (χ2v) is 8.48. The number of hydrogen-bond donors (Lipinski definition) is 1. The zero-order valence-corrected chi connectivity index (χ0v) is 18.1. The number of rotatable bonds is 4. The number of benzene rings is 1. The first-order valence-corrected chi connectivity index (χ1v) is 11.2. The summed E-state index contributed by atoms with van der Waals surface area (Å²) in [6, 6.07) is 5.71. The minimum Gasteiger partial charge on any atom is -0.379 e. The molecule has 2 fully saturated rings. The molecule has 0 bridgehead atoms. The summed E-state index contributed by atoms with van der Waals surface area (Å²) in [7, 11) is 0. The number of nitrogens with one attached hydrogen (secondary N) is 1. The lowest BCUT2D eigenvalue weighted by molar-refractivity contribution is 0.0679. The maximum atomic E-state index is 13.2. The topological polar surface area (TPSA) is 101 Å². The molecule has 0 saturated carbocycles. The van der Waals surface area contributed by atoms with Gasteiger partial charge in [-0.05, 0) is 30.2 Å². The highest BCUT2D eigenvalue weighted by atomic mass is 16.5. The SMILES string of the molecule is O=C(Nc1cc2c(cc1N1CCOCC1)C(=O)N([C@H]1CCOC1)C2)c1cnn2cccnc12. The van der Waals surface area contributed by atoms with Crippen LogP contribution in [0.4, 0.5) is 11.4 Å². The zero-order valence-electron chi connectivity index (χ0n) is 18.1. The van der Waals surface area contributed by atoms with Gasteiger partial charge in [0, 0.05) is 44.2 Å². The van der Waals surface area contributed by atoms with E-state index in [9.17, 15) is 9.59 Å². The van der Waals surface area contributed by atoms with Crippen LogP contribution >= 0.6 is 0 Å². The van der Waals surface area contributed by atoms with Crippen LogP contribution in [0.2, 0.25) is 0 Å². The van der Waals surface area contributed by atoms with Crippen LogP contribution in [0.1, 0.15) is 32.7 Å². The van der Waals surface area contributed by atoms with Crippen LogP contribution < -0.4 is 10.2 Å². The van der Waals surface area contributed by atoms with Gasteiger partial charge in [0.05, 0.1) is 43.4 Å². The lowest BCUT2D eigenvalue weighted by atomic mass is 10.1. The summed E-state index contributed by atoms with van der Waals surface area (Å²) < 4.78 is 12.6. The first-order chi connectivity index (χ1) is 16.2. The second-order valence-electron chi connectivity index (χ2n) is 8.48. The number of aromatic nitrogens is 3. The Morgan fingerprint density at radius 2 is 2.03 bits per heavy atom. The molecule has 10 nitrogen and oxygen atoms in total. The van der Waals surface area contributed by atoms with E-state index in [0.29, 0.717) is 68.5 Å². The number of morpholine rings is 1. The molecule has 2 aromatic heterocycles. The molecule has 0 unspecified atom stereocenters. The van der Waals surface area contributed by atoms with Crippen molar-refractivity contribution in [2.75, 3.05) is 49.7 Å². The fourth-order valence-electron chi connectivity index (χ4n) is 4.78. The van der Waals surface area contributed by atoms with Gasteiger partial charge in [-0.2, -0.15) is 5.10 Å². The zero-order chi connectivity index (χ0) is 22.4. The molecule has 3 aliphatic rings. The van der Waals surface area contributed by atoms with Crippen molar-refractivity contribution >= 4 is 28.8 Å². The predicted molar refractivity (Wildman–Crippen MR) is 120 cm³/mol. The smallest absolute Gasteiger partial charge is 0.261 e. The summed E-state index contributed by atoms with van der Waals surface area (Å²) in [6.45, 7) is 4.35. The van der Waals surface area contributed by atoms with Crippen LogP contribution in [0.3, 0.4) is 0 Å². The maximum Gasteiger partial charge on any atom is 0.261 e. The average molecular weight is 448 g/mol. The highest BCUT2D eigenvalue weighted by Crippen LogP contribution is 2.36. The van der Waals surface area contributed by atoms with Gasteiger partial charge in [0.25, 0.3) is 11.8 Å². The highest BCUT2D eigenvalue weighted by Gasteiger charge is 2.36. The van der Waals surface area contributed by atoms with Gasteiger partial charge in [-0.1, -0.05) is 0 Å². The molecule has 1 atom stereocenters. The molecule has 0 spiro atoms. The molecule has 5 heterocycles. The Hall–Kier alpha value is -3.50. The van der Waals surface area contributed by atoms with E-state index in [0.717, 1.165) is 17.7 Å². The van der Waals surface area contributed by atoms with Gasteiger partial charge in [-0.3, -0.25) is 9.59 Å². The first kappa shape index (κ1) is 20.1. The molecule has 2 saturated heterocycles. The van der Waals surface area contributed by atoms with Gasteiger partial charge in [-0.15, -0.1) is 0 Å². The van der Waals surface area contributed by atoms with Gasteiger partial charge in [0.15, 0.2) is 5.65 Å². The van der Waals surface area contributed by atoms with Gasteiger partial charge in [-0.25, -0.2) is 9.50 Å². The quantitative estimate of drug-likeness (QED) is 0.646. The monoisotopic (exact) mass is 448 g/mol. The molecule has 2 amide bonds. The Morgan fingerprint density at radius 3 is 2.85 bits per heavy atom. The van der Waals surface area contributed by atoms with Crippen molar-refractivity contribution in [3.63, 3.8) is 0 Å². The summed E-state index contributed by atoms with van der Waals surface area (Å²) in [5.74, 6) is -0.261. The van der Waals surface area contributed by atoms with E-state index in [-0.39, 0.29) is 17.9 Å². The second kappa shape index (κ2) is 8.13. The minimum atomic E-state index is -0.288. The molecule has 3 aliphatic heterocycles. The minimum absolute atomic E-state index is 0.0275. The van der Waals surface area contributed by atoms with E-state index in [2.05, 4.69) is 20.3 Å². The Balaban J connectivity index is 1.36. The van der Waals surface area contributed by atoms with Crippen LogP contribution in [0.25, 0.3) is 5.65 Å². The summed E-state index contributed by atoms with van der Waals surface area (Å²) in [4.78, 5) is 34.8. The van der Waals surface area contributed by atoms with E-state index in [4.69, 9.17) is 9.47 Å². The molecule has 1 aromatic carbocycles. The van der Waals surface area contributed by atoms with Crippen LogP contribution in [-0.2, 0) is 16.0 Å². The number of fused-ring (bicyclic) bond motifs is 2. The third kappa shape index (κ3) is 3.51. The van der Waals surface area contributed by atoms with Crippen LogP contribution in [0.5, 0.6) is 0 Å². The molecular weight excluding hydrogens is 424 g/mol. The molecule has 0 radical (unpaired) electrons. The first-order valence-electron chi connectivity index (χ1n) is 11.2. The number of amides is 2. The predicted octanol–water partition coefficient (Wildman–Crippen LogP) is 1.56. The van der Waals surface area contributed by atoms with Crippen molar-refractivity contribution < 1.29 is 19.1 Å². The average Bonchev–Trinajstić information content (AvgIpc) is 3.58. The van der Waals surface area contributed by atoms with Crippen molar-refractivity contribution in [3.05, 3.63) is 53.5 Å². The molecule has 3 aromatic rings. The lowest BCUT2D eigenvalue weighted by Gasteiger charge is -2.31. The number of ether oxygens (including phenoxy) is 2. The summed E-state index contributed by atoms with van der Waals surface area (Å²) in [6.07, 6.45) is 5.75. The molecule has 170 valence electrons. The Kier molecular flexibility index (Phi) is 4.96. The summed E-state index contributed by atoms with van der Waals surface area (Å²) in [5.41, 5.74) is 3.99. The maximum absolute atomic E-state index is 13.2. The van der Waals surface area contributed by atoms with Gasteiger partial charge < -0.3 is 24.6 Å². The number of hydrogen-bond acceptors (Lipinski definition) is 7. The van der Waals surface area contributed by atoms with E-state index in [1.54, 1.807) is 23.0 Å². The molecule has 1 N–H and O–H groups in total. The van der Waals surface area contributed by atoms with Gasteiger partial charge in [0.1, 0.15) is 5.56 Å². The standard InChI is InChI=1S/C23H24N6O4/c30-22(18-12-25-29-4-1-3-24-21(18)29)26-19-10-15-13-28(16-2-7-33-14-16)23(31)17(15)11-20(19)27-5-8-32-9-6-27/h1,3-4,10-12,16H,2,5-9,13-14H2,(H,26,30)/t16-/m0/s1. The molecule has 10 heteroatoms. The Labute approximate surface area is 190 Å². The molecular formula is C23H24N6O4. The normalized spacial score (nSPS) is 20.5. The number of carbonyl (C=O) groups is 2. The van der Waals surface area contributed by atoms with Crippen LogP contribution in [0, 0.1) is 0 Å². The highest BCUT2D eigenvalue weighted by molar-refractivity contribution is 6.10. The van der Waals surface area contributed by atoms with Crippen LogP contribution in [-0.4, -0.2) is 76.9 Å².